The summed E-state index contributed by atoms with van der Waals surface area (Å²) in [5.41, 5.74) is 1.56. The maximum absolute atomic E-state index is 13.4. The summed E-state index contributed by atoms with van der Waals surface area (Å²) >= 11 is 0. The number of pyridine rings is 1. The number of hydrogen-bond donors (Lipinski definition) is 2. The number of amides is 2. The highest BCUT2D eigenvalue weighted by molar-refractivity contribution is 5.91. The Morgan fingerprint density at radius 2 is 1.74 bits per heavy atom. The third-order valence-electron chi connectivity index (χ3n) is 7.33. The lowest BCUT2D eigenvalue weighted by Gasteiger charge is -2.29. The van der Waals surface area contributed by atoms with Crippen LogP contribution < -0.4 is 21.5 Å². The van der Waals surface area contributed by atoms with Crippen LogP contribution in [0.25, 0.3) is 22.6 Å². The van der Waals surface area contributed by atoms with Crippen LogP contribution in [0.2, 0.25) is 0 Å². The Labute approximate surface area is 244 Å². The Kier molecular flexibility index (Phi) is 9.45. The van der Waals surface area contributed by atoms with Crippen LogP contribution in [0, 0.1) is 0 Å². The molecule has 4 aromatic rings. The largest absolute Gasteiger partial charge is 0.379 e. The smallest absolute Gasteiger partial charge is 0.332 e. The van der Waals surface area contributed by atoms with Gasteiger partial charge in [0.15, 0.2) is 5.65 Å². The van der Waals surface area contributed by atoms with Gasteiger partial charge >= 0.3 is 11.7 Å². The van der Waals surface area contributed by atoms with Gasteiger partial charge in [-0.25, -0.2) is 19.6 Å². The van der Waals surface area contributed by atoms with Gasteiger partial charge in [0.05, 0.1) is 13.2 Å². The number of aryl methyl sites for hydroxylation is 1. The molecule has 1 aliphatic rings. The third kappa shape index (κ3) is 6.44. The summed E-state index contributed by atoms with van der Waals surface area (Å²) in [4.78, 5) is 55.8. The van der Waals surface area contributed by atoms with Crippen molar-refractivity contribution in [3.63, 3.8) is 0 Å². The molecule has 1 aromatic carbocycles. The molecule has 0 spiro atoms. The van der Waals surface area contributed by atoms with E-state index >= 15 is 0 Å². The Hall–Kier alpha value is -4.29. The minimum absolute atomic E-state index is 0.240. The predicted octanol–water partition coefficient (Wildman–Crippen LogP) is 2.82. The number of carbonyl (C=O) groups excluding carboxylic acids is 1. The van der Waals surface area contributed by atoms with Crippen LogP contribution in [0.3, 0.4) is 0 Å². The molecule has 12 nitrogen and oxygen atoms in total. The number of carbonyl (C=O) groups is 1. The fourth-order valence-corrected chi connectivity index (χ4v) is 5.09. The molecule has 0 bridgehead atoms. The third-order valence-corrected chi connectivity index (χ3v) is 7.33. The van der Waals surface area contributed by atoms with Crippen molar-refractivity contribution in [3.05, 3.63) is 75.1 Å². The molecule has 0 radical (unpaired) electrons. The number of anilines is 1. The maximum atomic E-state index is 13.4. The fraction of sp³-hybridized carbons (Fsp3) is 0.433. The van der Waals surface area contributed by atoms with Crippen LogP contribution in [0.4, 0.5) is 10.6 Å². The quantitative estimate of drug-likeness (QED) is 0.282. The van der Waals surface area contributed by atoms with Crippen molar-refractivity contribution < 1.29 is 9.53 Å². The molecule has 1 fully saturated rings. The van der Waals surface area contributed by atoms with Crippen molar-refractivity contribution in [2.24, 2.45) is 0 Å². The van der Waals surface area contributed by atoms with Gasteiger partial charge in [-0.3, -0.25) is 23.7 Å². The van der Waals surface area contributed by atoms with E-state index in [-0.39, 0.29) is 17.3 Å². The number of imidazole rings is 1. The highest BCUT2D eigenvalue weighted by atomic mass is 16.5. The fourth-order valence-electron chi connectivity index (χ4n) is 5.09. The average molecular weight is 575 g/mol. The molecule has 0 saturated carbocycles. The molecule has 0 atom stereocenters. The molecular formula is C30H38N8O4. The summed E-state index contributed by atoms with van der Waals surface area (Å²) in [5, 5.41) is 3.01. The number of benzene rings is 1. The van der Waals surface area contributed by atoms with E-state index in [4.69, 9.17) is 4.74 Å². The van der Waals surface area contributed by atoms with E-state index < -0.39 is 0 Å². The molecule has 1 aliphatic heterocycles. The number of fused-ring (bicyclic) bond motifs is 1. The van der Waals surface area contributed by atoms with Crippen molar-refractivity contribution in [1.29, 1.82) is 0 Å². The molecule has 12 heteroatoms. The molecule has 0 aliphatic carbocycles. The van der Waals surface area contributed by atoms with E-state index in [9.17, 15) is 14.4 Å². The number of aromatic nitrogens is 5. The molecule has 222 valence electrons. The zero-order valence-electron chi connectivity index (χ0n) is 24.2. The van der Waals surface area contributed by atoms with Crippen molar-refractivity contribution in [2.75, 3.05) is 44.3 Å². The normalized spacial score (nSPS) is 13.9. The first-order valence-electron chi connectivity index (χ1n) is 14.6. The molecule has 5 rings (SSSR count). The van der Waals surface area contributed by atoms with Crippen LogP contribution in [0.15, 0.2) is 58.3 Å². The number of ether oxygens (including phenoxy) is 1. The van der Waals surface area contributed by atoms with Gasteiger partial charge in [-0.15, -0.1) is 0 Å². The highest BCUT2D eigenvalue weighted by Crippen LogP contribution is 2.21. The molecule has 3 aromatic heterocycles. The number of H-pyrrole nitrogens is 1. The number of rotatable bonds is 11. The molecule has 1 saturated heterocycles. The summed E-state index contributed by atoms with van der Waals surface area (Å²) in [6, 6.07) is 13.1. The molecule has 2 N–H and O–H groups in total. The van der Waals surface area contributed by atoms with E-state index in [1.807, 2.05) is 50.2 Å². The lowest BCUT2D eigenvalue weighted by atomic mass is 10.2. The van der Waals surface area contributed by atoms with E-state index in [0.717, 1.165) is 25.1 Å². The van der Waals surface area contributed by atoms with E-state index in [0.29, 0.717) is 80.7 Å². The number of hydrogen-bond acceptors (Lipinski definition) is 7. The summed E-state index contributed by atoms with van der Waals surface area (Å²) < 4.78 is 8.28. The second-order valence-corrected chi connectivity index (χ2v) is 10.3. The van der Waals surface area contributed by atoms with Gasteiger partial charge in [-0.05, 0) is 30.5 Å². The van der Waals surface area contributed by atoms with Crippen LogP contribution in [-0.4, -0.2) is 74.4 Å². The first kappa shape index (κ1) is 29.2. The second kappa shape index (κ2) is 13.6. The van der Waals surface area contributed by atoms with Crippen molar-refractivity contribution >= 4 is 23.0 Å². The maximum Gasteiger partial charge on any atom is 0.332 e. The predicted molar refractivity (Wildman–Crippen MR) is 162 cm³/mol. The SMILES string of the molecule is CCCn1c(=O)c2[nH]c(-c3ccc(N(CCN4CCOCC4)C(=O)NCc4ccccc4)nc3)nc2n(CCC)c1=O. The van der Waals surface area contributed by atoms with Crippen molar-refractivity contribution in [3.8, 4) is 11.4 Å². The van der Waals surface area contributed by atoms with E-state index in [1.165, 1.54) is 4.57 Å². The molecule has 0 unspecified atom stereocenters. The van der Waals surface area contributed by atoms with Crippen LogP contribution in [0.1, 0.15) is 32.3 Å². The minimum atomic E-state index is -0.378. The summed E-state index contributed by atoms with van der Waals surface area (Å²) in [6.07, 6.45) is 3.02. The van der Waals surface area contributed by atoms with Gasteiger partial charge in [0.1, 0.15) is 17.2 Å². The van der Waals surface area contributed by atoms with Crippen LogP contribution >= 0.6 is 0 Å². The van der Waals surface area contributed by atoms with E-state index in [1.54, 1.807) is 21.7 Å². The Morgan fingerprint density at radius 3 is 2.43 bits per heavy atom. The van der Waals surface area contributed by atoms with Crippen molar-refractivity contribution in [2.45, 2.75) is 46.3 Å². The average Bonchev–Trinajstić information content (AvgIpc) is 3.47. The minimum Gasteiger partial charge on any atom is -0.379 e. The van der Waals surface area contributed by atoms with Gasteiger partial charge < -0.3 is 15.0 Å². The molecule has 4 heterocycles. The Balaban J connectivity index is 1.42. The molecule has 42 heavy (non-hydrogen) atoms. The van der Waals surface area contributed by atoms with Crippen LogP contribution in [-0.2, 0) is 24.4 Å². The van der Waals surface area contributed by atoms with Gasteiger partial charge in [-0.1, -0.05) is 44.2 Å². The summed E-state index contributed by atoms with van der Waals surface area (Å²) in [6.45, 7) is 9.25. The lowest BCUT2D eigenvalue weighted by molar-refractivity contribution is 0.0393. The van der Waals surface area contributed by atoms with Crippen LogP contribution in [0.5, 0.6) is 0 Å². The Morgan fingerprint density at radius 1 is 1.00 bits per heavy atom. The Bertz CT molecular complexity index is 1600. The summed E-state index contributed by atoms with van der Waals surface area (Å²) in [7, 11) is 0. The van der Waals surface area contributed by atoms with Gasteiger partial charge in [0.25, 0.3) is 5.56 Å². The van der Waals surface area contributed by atoms with Gasteiger partial charge in [0.2, 0.25) is 0 Å². The first-order chi connectivity index (χ1) is 20.5. The molecule has 2 amide bonds. The number of urea groups is 1. The van der Waals surface area contributed by atoms with Gasteiger partial charge in [0, 0.05) is 57.6 Å². The second-order valence-electron chi connectivity index (χ2n) is 10.3. The lowest BCUT2D eigenvalue weighted by Crippen LogP contribution is -2.46. The number of morpholine rings is 1. The number of aromatic amines is 1. The number of nitrogens with one attached hydrogen (secondary N) is 2. The monoisotopic (exact) mass is 574 g/mol. The van der Waals surface area contributed by atoms with Crippen molar-refractivity contribution in [1.82, 2.24) is 34.3 Å². The topological polar surface area (TPSA) is 130 Å². The summed E-state index contributed by atoms with van der Waals surface area (Å²) in [5.74, 6) is 0.940. The van der Waals surface area contributed by atoms with E-state index in [2.05, 4.69) is 25.2 Å². The molecular weight excluding hydrogens is 536 g/mol. The standard InChI is InChI=1S/C30H38N8O4/c1-3-12-37-27-25(28(39)38(13-4-2)30(37)41)33-26(34-27)23-10-11-24(31-21-23)36(15-14-35-16-18-42-19-17-35)29(40)32-20-22-8-6-5-7-9-22/h5-11,21H,3-4,12-20H2,1-2H3,(H,32,40)(H,33,34). The zero-order valence-corrected chi connectivity index (χ0v) is 24.2. The van der Waals surface area contributed by atoms with Gasteiger partial charge in [-0.2, -0.15) is 0 Å². The number of nitrogens with zero attached hydrogens (tertiary/aromatic N) is 6. The zero-order chi connectivity index (χ0) is 29.5. The first-order valence-corrected chi connectivity index (χ1v) is 14.6. The highest BCUT2D eigenvalue weighted by Gasteiger charge is 2.21.